The number of hydrogen-bond acceptors (Lipinski definition) is 2. The van der Waals surface area contributed by atoms with Crippen molar-refractivity contribution in [3.05, 3.63) is 0 Å². The first-order chi connectivity index (χ1) is 9.74. The molecule has 2 amide bonds. The zero-order valence-corrected chi connectivity index (χ0v) is 12.9. The molecule has 1 aliphatic heterocycles. The zero-order valence-electron chi connectivity index (χ0n) is 12.9. The summed E-state index contributed by atoms with van der Waals surface area (Å²) in [6.45, 7) is 4.77. The standard InChI is InChI=1S/C16H31N3O/c1-2-13(11-17)14-7-6-10-19(12-14)16(20)18-15-8-4-3-5-9-15/h13-15H,2-12,17H2,1H3,(H,18,20). The van der Waals surface area contributed by atoms with Crippen molar-refractivity contribution in [2.75, 3.05) is 19.6 Å². The van der Waals surface area contributed by atoms with Crippen LogP contribution in [0, 0.1) is 11.8 Å². The van der Waals surface area contributed by atoms with Crippen LogP contribution in [0.25, 0.3) is 0 Å². The second kappa shape index (κ2) is 7.87. The van der Waals surface area contributed by atoms with Crippen LogP contribution >= 0.6 is 0 Å². The van der Waals surface area contributed by atoms with Crippen LogP contribution in [0.15, 0.2) is 0 Å². The normalized spacial score (nSPS) is 26.3. The van der Waals surface area contributed by atoms with Gasteiger partial charge in [0, 0.05) is 19.1 Å². The number of rotatable bonds is 4. The molecular formula is C16H31N3O. The van der Waals surface area contributed by atoms with Crippen molar-refractivity contribution in [1.82, 2.24) is 10.2 Å². The summed E-state index contributed by atoms with van der Waals surface area (Å²) >= 11 is 0. The zero-order chi connectivity index (χ0) is 14.4. The first kappa shape index (κ1) is 15.6. The van der Waals surface area contributed by atoms with Gasteiger partial charge in [0.15, 0.2) is 0 Å². The Morgan fingerprint density at radius 2 is 2.00 bits per heavy atom. The Hall–Kier alpha value is -0.770. The van der Waals surface area contributed by atoms with Crippen molar-refractivity contribution in [1.29, 1.82) is 0 Å². The van der Waals surface area contributed by atoms with E-state index in [1.165, 1.54) is 25.7 Å². The van der Waals surface area contributed by atoms with Crippen LogP contribution in [0.3, 0.4) is 0 Å². The van der Waals surface area contributed by atoms with Crippen molar-refractivity contribution >= 4 is 6.03 Å². The van der Waals surface area contributed by atoms with Crippen molar-refractivity contribution in [3.63, 3.8) is 0 Å². The van der Waals surface area contributed by atoms with E-state index in [2.05, 4.69) is 12.2 Å². The second-order valence-electron chi connectivity index (χ2n) is 6.54. The highest BCUT2D eigenvalue weighted by atomic mass is 16.2. The highest BCUT2D eigenvalue weighted by Crippen LogP contribution is 2.26. The lowest BCUT2D eigenvalue weighted by Crippen LogP contribution is -2.50. The molecule has 0 spiro atoms. The van der Waals surface area contributed by atoms with Crippen LogP contribution < -0.4 is 11.1 Å². The first-order valence-corrected chi connectivity index (χ1v) is 8.50. The van der Waals surface area contributed by atoms with E-state index in [0.717, 1.165) is 45.3 Å². The molecule has 0 aromatic rings. The molecule has 3 N–H and O–H groups in total. The van der Waals surface area contributed by atoms with E-state index in [-0.39, 0.29) is 6.03 Å². The number of amides is 2. The Morgan fingerprint density at radius 3 is 2.65 bits per heavy atom. The van der Waals surface area contributed by atoms with Gasteiger partial charge in [-0.25, -0.2) is 4.79 Å². The minimum absolute atomic E-state index is 0.161. The maximum atomic E-state index is 12.4. The Labute approximate surface area is 123 Å². The van der Waals surface area contributed by atoms with Crippen molar-refractivity contribution in [2.45, 2.75) is 64.3 Å². The molecule has 2 atom stereocenters. The van der Waals surface area contributed by atoms with E-state index in [1.807, 2.05) is 4.90 Å². The van der Waals surface area contributed by atoms with Crippen LogP contribution in [0.2, 0.25) is 0 Å². The molecule has 2 aliphatic rings. The number of hydrogen-bond donors (Lipinski definition) is 2. The molecule has 1 heterocycles. The van der Waals surface area contributed by atoms with Gasteiger partial charge >= 0.3 is 6.03 Å². The maximum absolute atomic E-state index is 12.4. The summed E-state index contributed by atoms with van der Waals surface area (Å²) in [4.78, 5) is 14.4. The predicted octanol–water partition coefficient (Wildman–Crippen LogP) is 2.73. The SMILES string of the molecule is CCC(CN)C1CCCN(C(=O)NC2CCCCC2)C1. The summed E-state index contributed by atoms with van der Waals surface area (Å²) in [6, 6.07) is 0.571. The minimum atomic E-state index is 0.161. The molecule has 2 fully saturated rings. The van der Waals surface area contributed by atoms with Crippen molar-refractivity contribution in [3.8, 4) is 0 Å². The Balaban J connectivity index is 1.82. The molecule has 4 heteroatoms. The van der Waals surface area contributed by atoms with Crippen molar-refractivity contribution in [2.24, 2.45) is 17.6 Å². The van der Waals surface area contributed by atoms with E-state index >= 15 is 0 Å². The molecule has 0 aromatic heterocycles. The summed E-state index contributed by atoms with van der Waals surface area (Å²) in [6.07, 6.45) is 9.64. The van der Waals surface area contributed by atoms with Gasteiger partial charge in [0.2, 0.25) is 0 Å². The molecule has 1 aliphatic carbocycles. The molecule has 2 unspecified atom stereocenters. The highest BCUT2D eigenvalue weighted by molar-refractivity contribution is 5.74. The van der Waals surface area contributed by atoms with Gasteiger partial charge in [-0.2, -0.15) is 0 Å². The topological polar surface area (TPSA) is 58.4 Å². The number of nitrogens with one attached hydrogen (secondary N) is 1. The quantitative estimate of drug-likeness (QED) is 0.832. The fourth-order valence-corrected chi connectivity index (χ4v) is 3.78. The third-order valence-corrected chi connectivity index (χ3v) is 5.17. The predicted molar refractivity (Wildman–Crippen MR) is 82.5 cm³/mol. The lowest BCUT2D eigenvalue weighted by atomic mass is 9.84. The van der Waals surface area contributed by atoms with Crippen LogP contribution in [0.4, 0.5) is 4.79 Å². The fraction of sp³-hybridized carbons (Fsp3) is 0.938. The number of piperidine rings is 1. The van der Waals surface area contributed by atoms with Crippen molar-refractivity contribution < 1.29 is 4.79 Å². The van der Waals surface area contributed by atoms with Gasteiger partial charge in [-0.1, -0.05) is 32.6 Å². The molecule has 0 aromatic carbocycles. The lowest BCUT2D eigenvalue weighted by molar-refractivity contribution is 0.137. The number of carbonyl (C=O) groups is 1. The summed E-state index contributed by atoms with van der Waals surface area (Å²) < 4.78 is 0. The minimum Gasteiger partial charge on any atom is -0.335 e. The smallest absolute Gasteiger partial charge is 0.317 e. The molecule has 116 valence electrons. The van der Waals surface area contributed by atoms with Gasteiger partial charge in [-0.05, 0) is 44.1 Å². The number of likely N-dealkylation sites (tertiary alicyclic amines) is 1. The number of nitrogens with zero attached hydrogens (tertiary/aromatic N) is 1. The maximum Gasteiger partial charge on any atom is 0.317 e. The van der Waals surface area contributed by atoms with Crippen LogP contribution in [-0.4, -0.2) is 36.6 Å². The summed E-state index contributed by atoms with van der Waals surface area (Å²) in [5.41, 5.74) is 5.87. The summed E-state index contributed by atoms with van der Waals surface area (Å²) in [7, 11) is 0. The second-order valence-corrected chi connectivity index (χ2v) is 6.54. The molecule has 20 heavy (non-hydrogen) atoms. The Morgan fingerprint density at radius 1 is 1.25 bits per heavy atom. The molecule has 4 nitrogen and oxygen atoms in total. The molecular weight excluding hydrogens is 250 g/mol. The average molecular weight is 281 g/mol. The highest BCUT2D eigenvalue weighted by Gasteiger charge is 2.29. The number of urea groups is 1. The first-order valence-electron chi connectivity index (χ1n) is 8.50. The van der Waals surface area contributed by atoms with Gasteiger partial charge in [-0.3, -0.25) is 0 Å². The van der Waals surface area contributed by atoms with Gasteiger partial charge < -0.3 is 16.0 Å². The van der Waals surface area contributed by atoms with Gasteiger partial charge in [-0.15, -0.1) is 0 Å². The fourth-order valence-electron chi connectivity index (χ4n) is 3.78. The molecule has 0 radical (unpaired) electrons. The van der Waals surface area contributed by atoms with E-state index in [4.69, 9.17) is 5.73 Å². The molecule has 2 rings (SSSR count). The third-order valence-electron chi connectivity index (χ3n) is 5.17. The van der Waals surface area contributed by atoms with Gasteiger partial charge in [0.1, 0.15) is 0 Å². The van der Waals surface area contributed by atoms with Gasteiger partial charge in [0.05, 0.1) is 0 Å². The van der Waals surface area contributed by atoms with Gasteiger partial charge in [0.25, 0.3) is 0 Å². The third kappa shape index (κ3) is 4.11. The molecule has 0 bridgehead atoms. The number of nitrogens with two attached hydrogens (primary N) is 1. The largest absolute Gasteiger partial charge is 0.335 e. The van der Waals surface area contributed by atoms with Crippen LogP contribution in [0.1, 0.15) is 58.3 Å². The average Bonchev–Trinajstić information content (AvgIpc) is 2.50. The van der Waals surface area contributed by atoms with E-state index < -0.39 is 0 Å². The Bertz CT molecular complexity index is 298. The monoisotopic (exact) mass is 281 g/mol. The Kier molecular flexibility index (Phi) is 6.14. The van der Waals surface area contributed by atoms with E-state index in [9.17, 15) is 4.79 Å². The summed E-state index contributed by atoms with van der Waals surface area (Å²) in [5, 5.41) is 3.24. The van der Waals surface area contributed by atoms with E-state index in [0.29, 0.717) is 17.9 Å². The number of carbonyl (C=O) groups excluding carboxylic acids is 1. The summed E-state index contributed by atoms with van der Waals surface area (Å²) in [5.74, 6) is 1.16. The van der Waals surface area contributed by atoms with Crippen LogP contribution in [0.5, 0.6) is 0 Å². The molecule has 1 saturated carbocycles. The molecule has 1 saturated heterocycles. The van der Waals surface area contributed by atoms with Crippen LogP contribution in [-0.2, 0) is 0 Å². The lowest BCUT2D eigenvalue weighted by Gasteiger charge is -2.37. The van der Waals surface area contributed by atoms with E-state index in [1.54, 1.807) is 0 Å².